The molecule has 0 aliphatic carbocycles. The average Bonchev–Trinajstić information content (AvgIpc) is 3.07. The van der Waals surface area contributed by atoms with E-state index in [0.29, 0.717) is 13.0 Å². The summed E-state index contributed by atoms with van der Waals surface area (Å²) in [4.78, 5) is 4.41. The van der Waals surface area contributed by atoms with E-state index in [9.17, 15) is 8.42 Å². The Hall–Kier alpha value is -1.67. The highest BCUT2D eigenvalue weighted by atomic mass is 32.2. The zero-order valence-electron chi connectivity index (χ0n) is 11.1. The minimum absolute atomic E-state index is 0.0591. The highest BCUT2D eigenvalue weighted by Gasteiger charge is 2.27. The van der Waals surface area contributed by atoms with E-state index >= 15 is 0 Å². The minimum Gasteiger partial charge on any atom is -0.452 e. The van der Waals surface area contributed by atoms with E-state index in [0.717, 1.165) is 24.5 Å². The van der Waals surface area contributed by atoms with Gasteiger partial charge in [-0.25, -0.2) is 22.8 Å². The molecule has 1 atom stereocenters. The van der Waals surface area contributed by atoms with Crippen LogP contribution in [0, 0.1) is 0 Å². The molecule has 2 aromatic heterocycles. The Morgan fingerprint density at radius 3 is 3.10 bits per heavy atom. The van der Waals surface area contributed by atoms with Gasteiger partial charge in [0.25, 0.3) is 10.0 Å². The van der Waals surface area contributed by atoms with Crippen LogP contribution in [0.5, 0.6) is 0 Å². The van der Waals surface area contributed by atoms with Crippen molar-refractivity contribution in [3.63, 3.8) is 0 Å². The number of nitrogens with zero attached hydrogens (tertiary/aromatic N) is 3. The van der Waals surface area contributed by atoms with Crippen LogP contribution in [0.25, 0.3) is 0 Å². The van der Waals surface area contributed by atoms with Gasteiger partial charge >= 0.3 is 0 Å². The van der Waals surface area contributed by atoms with E-state index in [1.54, 1.807) is 10.7 Å². The molecule has 20 heavy (non-hydrogen) atoms. The van der Waals surface area contributed by atoms with Crippen LogP contribution in [0.15, 0.2) is 27.9 Å². The van der Waals surface area contributed by atoms with Crippen molar-refractivity contribution in [2.45, 2.75) is 43.9 Å². The molecule has 0 radical (unpaired) electrons. The van der Waals surface area contributed by atoms with Crippen molar-refractivity contribution in [3.8, 4) is 0 Å². The fourth-order valence-corrected chi connectivity index (χ4v) is 3.49. The highest BCUT2D eigenvalue weighted by Crippen LogP contribution is 2.16. The summed E-state index contributed by atoms with van der Waals surface area (Å²) in [6, 6.07) is 2.80. The van der Waals surface area contributed by atoms with Gasteiger partial charge in [-0.05, 0) is 18.6 Å². The van der Waals surface area contributed by atoms with Crippen molar-refractivity contribution in [2.24, 2.45) is 0 Å². The molecule has 0 spiro atoms. The molecule has 0 fully saturated rings. The maximum Gasteiger partial charge on any atom is 0.274 e. The summed E-state index contributed by atoms with van der Waals surface area (Å²) in [6.45, 7) is 2.50. The molecule has 1 N–H and O–H groups in total. The number of furan rings is 1. The number of nitrogens with one attached hydrogen (secondary N) is 1. The fraction of sp³-hybridized carbons (Fsp3) is 0.500. The Balaban J connectivity index is 1.74. The van der Waals surface area contributed by atoms with E-state index < -0.39 is 10.0 Å². The van der Waals surface area contributed by atoms with E-state index in [1.165, 1.54) is 12.3 Å². The third-order valence-electron chi connectivity index (χ3n) is 3.30. The summed E-state index contributed by atoms with van der Waals surface area (Å²) in [7, 11) is -3.60. The molecule has 1 aliphatic heterocycles. The van der Waals surface area contributed by atoms with E-state index in [1.807, 2.05) is 6.92 Å². The predicted octanol–water partition coefficient (Wildman–Crippen LogP) is 0.727. The SMILES string of the molecule is CCc1nc2n(n1)C[C@@H](NS(=O)(=O)c1ccco1)CC2. The number of aromatic nitrogens is 3. The minimum atomic E-state index is -3.60. The van der Waals surface area contributed by atoms with Crippen LogP contribution in [-0.2, 0) is 29.4 Å². The summed E-state index contributed by atoms with van der Waals surface area (Å²) in [5.74, 6) is 1.73. The summed E-state index contributed by atoms with van der Waals surface area (Å²) in [6.07, 6.45) is 3.56. The number of sulfonamides is 1. The van der Waals surface area contributed by atoms with Crippen molar-refractivity contribution in [3.05, 3.63) is 30.0 Å². The van der Waals surface area contributed by atoms with Crippen molar-refractivity contribution in [2.75, 3.05) is 0 Å². The summed E-state index contributed by atoms with van der Waals surface area (Å²) >= 11 is 0. The van der Waals surface area contributed by atoms with Gasteiger partial charge in [-0.15, -0.1) is 0 Å². The summed E-state index contributed by atoms with van der Waals surface area (Å²) in [5, 5.41) is 4.30. The van der Waals surface area contributed by atoms with Crippen LogP contribution in [0.3, 0.4) is 0 Å². The van der Waals surface area contributed by atoms with Crippen molar-refractivity contribution < 1.29 is 12.8 Å². The molecule has 2 aromatic rings. The van der Waals surface area contributed by atoms with Gasteiger partial charge in [-0.3, -0.25) is 0 Å². The topological polar surface area (TPSA) is 90.0 Å². The zero-order valence-corrected chi connectivity index (χ0v) is 11.9. The molecule has 3 rings (SSSR count). The Labute approximate surface area is 117 Å². The van der Waals surface area contributed by atoms with Crippen molar-refractivity contribution in [1.82, 2.24) is 19.5 Å². The molecule has 3 heterocycles. The van der Waals surface area contributed by atoms with Crippen LogP contribution in [-0.4, -0.2) is 29.2 Å². The molecule has 108 valence electrons. The highest BCUT2D eigenvalue weighted by molar-refractivity contribution is 7.89. The Morgan fingerprint density at radius 1 is 1.55 bits per heavy atom. The molecule has 7 nitrogen and oxygen atoms in total. The van der Waals surface area contributed by atoms with E-state index in [4.69, 9.17) is 4.42 Å². The molecule has 0 bridgehead atoms. The molecular formula is C12H16N4O3S. The van der Waals surface area contributed by atoms with Crippen molar-refractivity contribution >= 4 is 10.0 Å². The first-order chi connectivity index (χ1) is 9.58. The summed E-state index contributed by atoms with van der Waals surface area (Å²) < 4.78 is 33.6. The maximum atomic E-state index is 12.1. The molecule has 1 aliphatic rings. The zero-order chi connectivity index (χ0) is 14.2. The molecule has 0 aromatic carbocycles. The van der Waals surface area contributed by atoms with Gasteiger partial charge in [0, 0.05) is 18.9 Å². The largest absolute Gasteiger partial charge is 0.452 e. The van der Waals surface area contributed by atoms with Crippen LogP contribution >= 0.6 is 0 Å². The Kier molecular flexibility index (Phi) is 3.35. The van der Waals surface area contributed by atoms with Gasteiger partial charge in [0.1, 0.15) is 5.82 Å². The molecule has 8 heteroatoms. The molecule has 0 amide bonds. The first-order valence-electron chi connectivity index (χ1n) is 6.57. The van der Waals surface area contributed by atoms with Gasteiger partial charge < -0.3 is 4.42 Å². The van der Waals surface area contributed by atoms with Gasteiger partial charge in [-0.2, -0.15) is 5.10 Å². The first kappa shape index (κ1) is 13.3. The quantitative estimate of drug-likeness (QED) is 0.898. The van der Waals surface area contributed by atoms with Crippen LogP contribution < -0.4 is 4.72 Å². The Bertz CT molecular complexity index is 690. The average molecular weight is 296 g/mol. The summed E-state index contributed by atoms with van der Waals surface area (Å²) in [5.41, 5.74) is 0. The second-order valence-corrected chi connectivity index (χ2v) is 6.41. The second kappa shape index (κ2) is 5.02. The third-order valence-corrected chi connectivity index (χ3v) is 4.71. The normalized spacial score (nSPS) is 18.9. The van der Waals surface area contributed by atoms with Crippen LogP contribution in [0.2, 0.25) is 0 Å². The van der Waals surface area contributed by atoms with Gasteiger partial charge in [0.05, 0.1) is 12.8 Å². The Morgan fingerprint density at radius 2 is 2.40 bits per heavy atom. The lowest BCUT2D eigenvalue weighted by atomic mass is 10.1. The number of hydrogen-bond donors (Lipinski definition) is 1. The van der Waals surface area contributed by atoms with Crippen LogP contribution in [0.1, 0.15) is 25.0 Å². The molecule has 0 saturated carbocycles. The lowest BCUT2D eigenvalue weighted by molar-refractivity contribution is 0.385. The first-order valence-corrected chi connectivity index (χ1v) is 8.05. The van der Waals surface area contributed by atoms with E-state index in [2.05, 4.69) is 14.8 Å². The lowest BCUT2D eigenvalue weighted by Crippen LogP contribution is -2.41. The van der Waals surface area contributed by atoms with Gasteiger partial charge in [0.15, 0.2) is 5.82 Å². The van der Waals surface area contributed by atoms with Crippen molar-refractivity contribution in [1.29, 1.82) is 0 Å². The number of fused-ring (bicyclic) bond motifs is 1. The van der Waals surface area contributed by atoms with Crippen LogP contribution in [0.4, 0.5) is 0 Å². The molecular weight excluding hydrogens is 280 g/mol. The number of rotatable bonds is 4. The fourth-order valence-electron chi connectivity index (χ4n) is 2.30. The second-order valence-electron chi connectivity index (χ2n) is 4.77. The number of hydrogen-bond acceptors (Lipinski definition) is 5. The third kappa shape index (κ3) is 2.48. The van der Waals surface area contributed by atoms with Gasteiger partial charge in [-0.1, -0.05) is 6.92 Å². The van der Waals surface area contributed by atoms with E-state index in [-0.39, 0.29) is 11.1 Å². The van der Waals surface area contributed by atoms with Gasteiger partial charge in [0.2, 0.25) is 5.09 Å². The lowest BCUT2D eigenvalue weighted by Gasteiger charge is -2.22. The predicted molar refractivity (Wildman–Crippen MR) is 70.5 cm³/mol. The smallest absolute Gasteiger partial charge is 0.274 e. The maximum absolute atomic E-state index is 12.1. The monoisotopic (exact) mass is 296 g/mol. The standard InChI is InChI=1S/C12H16N4O3S/c1-2-10-13-11-6-5-9(8-16(11)14-10)15-20(17,18)12-4-3-7-19-12/h3-4,7,9,15H,2,5-6,8H2,1H3/t9-/m0/s1. The number of aryl methyl sites for hydroxylation is 2. The molecule has 0 unspecified atom stereocenters. The molecule has 0 saturated heterocycles.